The first kappa shape index (κ1) is 34.0. The molecule has 4 N–H and O–H groups in total. The van der Waals surface area contributed by atoms with Gasteiger partial charge in [-0.25, -0.2) is 0 Å². The summed E-state index contributed by atoms with van der Waals surface area (Å²) in [4.78, 5) is 41.8. The van der Waals surface area contributed by atoms with Gasteiger partial charge in [0.1, 0.15) is 5.75 Å². The van der Waals surface area contributed by atoms with Gasteiger partial charge in [-0.15, -0.1) is 11.8 Å². The first-order valence-corrected chi connectivity index (χ1v) is 16.6. The second-order valence-electron chi connectivity index (χ2n) is 12.8. The molecule has 44 heavy (non-hydrogen) atoms. The van der Waals surface area contributed by atoms with Crippen LogP contribution in [0.3, 0.4) is 0 Å². The Labute approximate surface area is 265 Å². The van der Waals surface area contributed by atoms with Crippen LogP contribution in [0.15, 0.2) is 53.4 Å². The standard InChI is InChI=1S/C34H47N3O6S/c1-22-27(15-10-16-31(22)43-23(2)39)32(41)35-28(20-44-26-13-6-5-7-14-26)30(40)19-37-18-25-12-9-8-11-24(25)17-29(37)33(42)36-34(3,4)21-38/h5-7,10,13-16,24-25,28-30,38,40H,8-9,11-12,17-21H2,1-4H3,(H,35,41)(H,36,42)/t24-,25+,28-,29-,30+/m0/s1. The molecular formula is C34H47N3O6S. The molecule has 0 aromatic heterocycles. The topological polar surface area (TPSA) is 128 Å². The molecule has 240 valence electrons. The predicted molar refractivity (Wildman–Crippen MR) is 172 cm³/mol. The van der Waals surface area contributed by atoms with Gasteiger partial charge < -0.3 is 25.6 Å². The number of piperidine rings is 1. The van der Waals surface area contributed by atoms with E-state index < -0.39 is 29.7 Å². The van der Waals surface area contributed by atoms with Gasteiger partial charge in [-0.2, -0.15) is 0 Å². The molecule has 9 nitrogen and oxygen atoms in total. The van der Waals surface area contributed by atoms with Crippen LogP contribution in [0.1, 0.15) is 68.8 Å². The summed E-state index contributed by atoms with van der Waals surface area (Å²) in [6, 6.07) is 13.7. The molecule has 0 radical (unpaired) electrons. The smallest absolute Gasteiger partial charge is 0.308 e. The molecular weight excluding hydrogens is 578 g/mol. The van der Waals surface area contributed by atoms with Crippen molar-refractivity contribution in [1.82, 2.24) is 15.5 Å². The number of ether oxygens (including phenoxy) is 1. The zero-order chi connectivity index (χ0) is 31.9. The summed E-state index contributed by atoms with van der Waals surface area (Å²) in [5.74, 6) is 0.660. The molecule has 0 unspecified atom stereocenters. The van der Waals surface area contributed by atoms with Crippen LogP contribution in [0.25, 0.3) is 0 Å². The number of carbonyl (C=O) groups excluding carboxylic acids is 3. The summed E-state index contributed by atoms with van der Waals surface area (Å²) in [5, 5.41) is 27.6. The Hall–Kier alpha value is -2.92. The number of nitrogens with zero attached hydrogens (tertiary/aromatic N) is 1. The zero-order valence-electron chi connectivity index (χ0n) is 26.3. The maximum atomic E-state index is 13.6. The van der Waals surface area contributed by atoms with Crippen molar-refractivity contribution in [3.8, 4) is 5.75 Å². The van der Waals surface area contributed by atoms with E-state index in [2.05, 4.69) is 15.5 Å². The first-order valence-electron chi connectivity index (χ1n) is 15.6. The van der Waals surface area contributed by atoms with Crippen LogP contribution >= 0.6 is 11.8 Å². The van der Waals surface area contributed by atoms with Crippen LogP contribution in [0.5, 0.6) is 5.75 Å². The fourth-order valence-electron chi connectivity index (χ4n) is 6.32. The van der Waals surface area contributed by atoms with Gasteiger partial charge in [-0.1, -0.05) is 43.5 Å². The SMILES string of the molecule is CC(=O)Oc1cccc(C(=O)N[C@@H](CSc2ccccc2)[C@H](O)CN2C[C@H]3CCCC[C@H]3C[C@H]2C(=O)NC(C)(C)CO)c1C. The van der Waals surface area contributed by atoms with E-state index in [9.17, 15) is 24.6 Å². The van der Waals surface area contributed by atoms with Gasteiger partial charge in [0.2, 0.25) is 5.91 Å². The van der Waals surface area contributed by atoms with E-state index in [-0.39, 0.29) is 25.0 Å². The zero-order valence-corrected chi connectivity index (χ0v) is 27.1. The molecule has 2 amide bonds. The molecule has 1 saturated heterocycles. The molecule has 2 aliphatic rings. The number of nitrogens with one attached hydrogen (secondary N) is 2. The van der Waals surface area contributed by atoms with Crippen LogP contribution in [0, 0.1) is 18.8 Å². The van der Waals surface area contributed by atoms with E-state index in [0.29, 0.717) is 47.4 Å². The van der Waals surface area contributed by atoms with Crippen molar-refractivity contribution >= 4 is 29.5 Å². The quantitative estimate of drug-likeness (QED) is 0.159. The van der Waals surface area contributed by atoms with Crippen LogP contribution in [0.2, 0.25) is 0 Å². The van der Waals surface area contributed by atoms with Crippen LogP contribution < -0.4 is 15.4 Å². The summed E-state index contributed by atoms with van der Waals surface area (Å²) in [7, 11) is 0. The lowest BCUT2D eigenvalue weighted by Crippen LogP contribution is -2.61. The van der Waals surface area contributed by atoms with Crippen molar-refractivity contribution in [3.05, 3.63) is 59.7 Å². The minimum atomic E-state index is -0.964. The fourth-order valence-corrected chi connectivity index (χ4v) is 7.35. The number of β-amino-alcohol motifs (C(OH)–C–C–N with tert-alkyl or cyclic N) is 1. The minimum Gasteiger partial charge on any atom is -0.426 e. The molecule has 2 fully saturated rings. The molecule has 1 saturated carbocycles. The minimum absolute atomic E-state index is 0.141. The molecule has 10 heteroatoms. The molecule has 1 heterocycles. The van der Waals surface area contributed by atoms with Gasteiger partial charge in [-0.05, 0) is 69.7 Å². The number of thioether (sulfide) groups is 1. The molecule has 0 bridgehead atoms. The van der Waals surface area contributed by atoms with Gasteiger partial charge in [0, 0.05) is 41.8 Å². The summed E-state index contributed by atoms with van der Waals surface area (Å²) in [6.45, 7) is 7.37. The number of rotatable bonds is 12. The maximum absolute atomic E-state index is 13.6. The van der Waals surface area contributed by atoms with E-state index in [0.717, 1.165) is 17.7 Å². The number of aliphatic hydroxyl groups is 2. The summed E-state index contributed by atoms with van der Waals surface area (Å²) in [5.41, 5.74) is 0.135. The highest BCUT2D eigenvalue weighted by Crippen LogP contribution is 2.39. The second kappa shape index (κ2) is 15.4. The number of benzene rings is 2. The number of hydrogen-bond donors (Lipinski definition) is 4. The average molecular weight is 626 g/mol. The molecule has 1 aliphatic heterocycles. The molecule has 4 rings (SSSR count). The number of likely N-dealkylation sites (tertiary alicyclic amines) is 1. The normalized spacial score (nSPS) is 21.9. The third-order valence-corrected chi connectivity index (χ3v) is 9.95. The van der Waals surface area contributed by atoms with E-state index >= 15 is 0 Å². The highest BCUT2D eigenvalue weighted by atomic mass is 32.2. The Morgan fingerprint density at radius 3 is 2.45 bits per heavy atom. The molecule has 5 atom stereocenters. The second-order valence-corrected chi connectivity index (χ2v) is 13.9. The number of carbonyl (C=O) groups is 3. The maximum Gasteiger partial charge on any atom is 0.308 e. The Morgan fingerprint density at radius 2 is 1.77 bits per heavy atom. The van der Waals surface area contributed by atoms with Crippen LogP contribution in [-0.2, 0) is 9.59 Å². The number of aliphatic hydroxyl groups excluding tert-OH is 2. The number of amides is 2. The Morgan fingerprint density at radius 1 is 1.07 bits per heavy atom. The van der Waals surface area contributed by atoms with Gasteiger partial charge in [0.05, 0.1) is 30.3 Å². The Kier molecular flexibility index (Phi) is 11.9. The van der Waals surface area contributed by atoms with Gasteiger partial charge in [-0.3, -0.25) is 19.3 Å². The summed E-state index contributed by atoms with van der Waals surface area (Å²) < 4.78 is 5.28. The molecule has 2 aromatic carbocycles. The largest absolute Gasteiger partial charge is 0.426 e. The fraction of sp³-hybridized carbons (Fsp3) is 0.559. The molecule has 0 spiro atoms. The summed E-state index contributed by atoms with van der Waals surface area (Å²) in [6.07, 6.45) is 4.30. The molecule has 1 aliphatic carbocycles. The lowest BCUT2D eigenvalue weighted by atomic mass is 9.72. The lowest BCUT2D eigenvalue weighted by molar-refractivity contribution is -0.133. The monoisotopic (exact) mass is 625 g/mol. The van der Waals surface area contributed by atoms with Gasteiger partial charge in [0.25, 0.3) is 5.91 Å². The number of fused-ring (bicyclic) bond motifs is 1. The highest BCUT2D eigenvalue weighted by Gasteiger charge is 2.42. The lowest BCUT2D eigenvalue weighted by Gasteiger charge is -2.47. The van der Waals surface area contributed by atoms with E-state index in [4.69, 9.17) is 4.74 Å². The first-order chi connectivity index (χ1) is 21.0. The predicted octanol–water partition coefficient (Wildman–Crippen LogP) is 3.94. The van der Waals surface area contributed by atoms with Crippen molar-refractivity contribution < 1.29 is 29.3 Å². The van der Waals surface area contributed by atoms with Gasteiger partial charge in [0.15, 0.2) is 0 Å². The van der Waals surface area contributed by atoms with Crippen molar-refractivity contribution in [2.45, 2.75) is 88.4 Å². The van der Waals surface area contributed by atoms with Crippen molar-refractivity contribution in [3.63, 3.8) is 0 Å². The van der Waals surface area contributed by atoms with E-state index in [1.54, 1.807) is 39.0 Å². The van der Waals surface area contributed by atoms with Crippen LogP contribution in [0.4, 0.5) is 0 Å². The molecule has 2 aromatic rings. The van der Waals surface area contributed by atoms with Crippen molar-refractivity contribution in [1.29, 1.82) is 0 Å². The van der Waals surface area contributed by atoms with Crippen LogP contribution in [-0.4, -0.2) is 82.1 Å². The summed E-state index contributed by atoms with van der Waals surface area (Å²) >= 11 is 1.54. The third-order valence-electron chi connectivity index (χ3n) is 8.82. The van der Waals surface area contributed by atoms with Crippen molar-refractivity contribution in [2.24, 2.45) is 11.8 Å². The average Bonchev–Trinajstić information content (AvgIpc) is 2.99. The Balaban J connectivity index is 1.56. The van der Waals surface area contributed by atoms with E-state index in [1.165, 1.54) is 31.5 Å². The van der Waals surface area contributed by atoms with E-state index in [1.807, 2.05) is 30.3 Å². The Bertz CT molecular complexity index is 1290. The van der Waals surface area contributed by atoms with Gasteiger partial charge >= 0.3 is 5.97 Å². The highest BCUT2D eigenvalue weighted by molar-refractivity contribution is 7.99. The number of esters is 1. The van der Waals surface area contributed by atoms with Crippen molar-refractivity contribution in [2.75, 3.05) is 25.4 Å². The third kappa shape index (κ3) is 9.06. The number of hydrogen-bond acceptors (Lipinski definition) is 8.